The van der Waals surface area contributed by atoms with E-state index in [1.807, 2.05) is 56.0 Å². The molecule has 1 aromatic heterocycles. The molecule has 23 heavy (non-hydrogen) atoms. The summed E-state index contributed by atoms with van der Waals surface area (Å²) in [5, 5.41) is 0. The fraction of sp³-hybridized carbons (Fsp3) is 0.444. The number of aromatic nitrogens is 1. The molecule has 1 amide bonds. The fourth-order valence-electron chi connectivity index (χ4n) is 2.94. The summed E-state index contributed by atoms with van der Waals surface area (Å²) in [5.74, 6) is 0.664. The molecule has 1 saturated heterocycles. The zero-order chi connectivity index (χ0) is 16.4. The van der Waals surface area contributed by atoms with Crippen LogP contribution in [0, 0.1) is 0 Å². The fourth-order valence-corrected chi connectivity index (χ4v) is 2.94. The van der Waals surface area contributed by atoms with Gasteiger partial charge in [-0.2, -0.15) is 0 Å². The van der Waals surface area contributed by atoms with E-state index >= 15 is 0 Å². The second-order valence-corrected chi connectivity index (χ2v) is 6.25. The number of rotatable bonds is 3. The normalized spacial score (nSPS) is 21.7. The lowest BCUT2D eigenvalue weighted by atomic mass is 10.0. The molecule has 3 rings (SSSR count). The average molecular weight is 314 g/mol. The van der Waals surface area contributed by atoms with Gasteiger partial charge in [-0.1, -0.05) is 44.2 Å². The number of hydrogen-bond acceptors (Lipinski definition) is 4. The van der Waals surface area contributed by atoms with Crippen LogP contribution < -0.4 is 0 Å². The highest BCUT2D eigenvalue weighted by molar-refractivity contribution is 5.93. The second-order valence-electron chi connectivity index (χ2n) is 6.25. The first-order valence-corrected chi connectivity index (χ1v) is 7.98. The van der Waals surface area contributed by atoms with Crippen molar-refractivity contribution < 1.29 is 13.9 Å². The van der Waals surface area contributed by atoms with Crippen LogP contribution in [0.25, 0.3) is 0 Å². The SMILES string of the molecule is CC1CN(C(=O)c2ncoc2C(C)C)C(c2ccccc2)CO1. The zero-order valence-corrected chi connectivity index (χ0v) is 13.7. The number of ether oxygens (including phenoxy) is 1. The first kappa shape index (κ1) is 15.7. The highest BCUT2D eigenvalue weighted by Crippen LogP contribution is 2.29. The molecular weight excluding hydrogens is 292 g/mol. The van der Waals surface area contributed by atoms with Crippen molar-refractivity contribution in [2.45, 2.75) is 38.8 Å². The quantitative estimate of drug-likeness (QED) is 0.871. The van der Waals surface area contributed by atoms with Crippen molar-refractivity contribution in [3.05, 3.63) is 53.7 Å². The molecule has 122 valence electrons. The maximum atomic E-state index is 13.1. The summed E-state index contributed by atoms with van der Waals surface area (Å²) >= 11 is 0. The third-order valence-corrected chi connectivity index (χ3v) is 4.14. The van der Waals surface area contributed by atoms with Crippen molar-refractivity contribution in [1.29, 1.82) is 0 Å². The van der Waals surface area contributed by atoms with E-state index in [1.165, 1.54) is 6.39 Å². The van der Waals surface area contributed by atoms with E-state index in [9.17, 15) is 4.79 Å². The molecule has 2 aromatic rings. The molecule has 1 aromatic carbocycles. The van der Waals surface area contributed by atoms with Crippen molar-refractivity contribution in [3.8, 4) is 0 Å². The van der Waals surface area contributed by atoms with Crippen LogP contribution in [0.1, 0.15) is 54.5 Å². The smallest absolute Gasteiger partial charge is 0.276 e. The predicted octanol–water partition coefficient (Wildman–Crippen LogP) is 3.40. The lowest BCUT2D eigenvalue weighted by Gasteiger charge is -2.38. The first-order valence-electron chi connectivity index (χ1n) is 7.98. The maximum Gasteiger partial charge on any atom is 0.276 e. The summed E-state index contributed by atoms with van der Waals surface area (Å²) in [6.45, 7) is 7.00. The van der Waals surface area contributed by atoms with Gasteiger partial charge in [0.2, 0.25) is 0 Å². The third kappa shape index (κ3) is 3.15. The Morgan fingerprint density at radius 1 is 1.30 bits per heavy atom. The number of amides is 1. The standard InChI is InChI=1S/C18H22N2O3/c1-12(2)17-16(19-11-23-17)18(21)20-9-13(3)22-10-15(20)14-7-5-4-6-8-14/h4-8,11-13,15H,9-10H2,1-3H3. The number of carbonyl (C=O) groups excluding carboxylic acids is 1. The van der Waals surface area contributed by atoms with Gasteiger partial charge in [-0.25, -0.2) is 4.98 Å². The van der Waals surface area contributed by atoms with Crippen LogP contribution in [-0.4, -0.2) is 35.0 Å². The van der Waals surface area contributed by atoms with Gasteiger partial charge in [0.25, 0.3) is 5.91 Å². The Labute approximate surface area is 136 Å². The van der Waals surface area contributed by atoms with E-state index < -0.39 is 0 Å². The largest absolute Gasteiger partial charge is 0.447 e. The van der Waals surface area contributed by atoms with Crippen molar-refractivity contribution >= 4 is 5.91 Å². The van der Waals surface area contributed by atoms with Crippen LogP contribution in [0.5, 0.6) is 0 Å². The van der Waals surface area contributed by atoms with Crippen LogP contribution in [0.4, 0.5) is 0 Å². The minimum absolute atomic E-state index is 0.00770. The van der Waals surface area contributed by atoms with Gasteiger partial charge < -0.3 is 14.1 Å². The minimum Gasteiger partial charge on any atom is -0.447 e. The summed E-state index contributed by atoms with van der Waals surface area (Å²) in [6.07, 6.45) is 1.36. The van der Waals surface area contributed by atoms with Crippen LogP contribution in [0.2, 0.25) is 0 Å². The Morgan fingerprint density at radius 3 is 2.74 bits per heavy atom. The molecule has 5 heteroatoms. The molecule has 1 aliphatic heterocycles. The Kier molecular flexibility index (Phi) is 4.48. The van der Waals surface area contributed by atoms with E-state index in [0.717, 1.165) is 5.56 Å². The number of oxazole rings is 1. The molecule has 2 heterocycles. The van der Waals surface area contributed by atoms with E-state index in [0.29, 0.717) is 24.6 Å². The Hall–Kier alpha value is -2.14. The predicted molar refractivity (Wildman–Crippen MR) is 86.2 cm³/mol. The summed E-state index contributed by atoms with van der Waals surface area (Å²) in [4.78, 5) is 19.1. The van der Waals surface area contributed by atoms with Gasteiger partial charge in [0, 0.05) is 12.5 Å². The van der Waals surface area contributed by atoms with Crippen LogP contribution in [0.3, 0.4) is 0 Å². The maximum absolute atomic E-state index is 13.1. The number of carbonyl (C=O) groups is 1. The Morgan fingerprint density at radius 2 is 2.04 bits per heavy atom. The number of benzene rings is 1. The summed E-state index contributed by atoms with van der Waals surface area (Å²) in [7, 11) is 0. The number of nitrogens with zero attached hydrogens (tertiary/aromatic N) is 2. The summed E-state index contributed by atoms with van der Waals surface area (Å²) < 4.78 is 11.2. The monoisotopic (exact) mass is 314 g/mol. The highest BCUT2D eigenvalue weighted by Gasteiger charge is 2.34. The molecule has 0 aliphatic carbocycles. The third-order valence-electron chi connectivity index (χ3n) is 4.14. The molecule has 0 bridgehead atoms. The van der Waals surface area contributed by atoms with Crippen LogP contribution in [-0.2, 0) is 4.74 Å². The van der Waals surface area contributed by atoms with Crippen molar-refractivity contribution in [1.82, 2.24) is 9.88 Å². The summed E-state index contributed by atoms with van der Waals surface area (Å²) in [6, 6.07) is 9.87. The lowest BCUT2D eigenvalue weighted by molar-refractivity contribution is -0.0450. The van der Waals surface area contributed by atoms with E-state index in [2.05, 4.69) is 4.98 Å². The second kappa shape index (κ2) is 6.54. The molecule has 1 fully saturated rings. The van der Waals surface area contributed by atoms with Gasteiger partial charge in [-0.05, 0) is 12.5 Å². The van der Waals surface area contributed by atoms with E-state index in [-0.39, 0.29) is 24.0 Å². The van der Waals surface area contributed by atoms with Crippen LogP contribution in [0.15, 0.2) is 41.1 Å². The summed E-state index contributed by atoms with van der Waals surface area (Å²) in [5.41, 5.74) is 1.48. The average Bonchev–Trinajstić information content (AvgIpc) is 3.05. The molecule has 0 radical (unpaired) electrons. The minimum atomic E-state index is -0.100. The molecule has 5 nitrogen and oxygen atoms in total. The lowest BCUT2D eigenvalue weighted by Crippen LogP contribution is -2.47. The molecule has 0 saturated carbocycles. The molecule has 1 aliphatic rings. The van der Waals surface area contributed by atoms with Gasteiger partial charge in [-0.3, -0.25) is 4.79 Å². The van der Waals surface area contributed by atoms with Gasteiger partial charge >= 0.3 is 0 Å². The highest BCUT2D eigenvalue weighted by atomic mass is 16.5. The molecule has 2 atom stereocenters. The topological polar surface area (TPSA) is 55.6 Å². The van der Waals surface area contributed by atoms with Gasteiger partial charge in [0.1, 0.15) is 5.76 Å². The van der Waals surface area contributed by atoms with Crippen molar-refractivity contribution in [3.63, 3.8) is 0 Å². The van der Waals surface area contributed by atoms with Gasteiger partial charge in [0.15, 0.2) is 12.1 Å². The van der Waals surface area contributed by atoms with Gasteiger partial charge in [0.05, 0.1) is 18.8 Å². The van der Waals surface area contributed by atoms with Crippen molar-refractivity contribution in [2.24, 2.45) is 0 Å². The van der Waals surface area contributed by atoms with Crippen LogP contribution >= 0.6 is 0 Å². The Bertz CT molecular complexity index is 666. The van der Waals surface area contributed by atoms with E-state index in [4.69, 9.17) is 9.15 Å². The molecule has 0 spiro atoms. The molecule has 0 N–H and O–H groups in total. The van der Waals surface area contributed by atoms with Crippen molar-refractivity contribution in [2.75, 3.05) is 13.2 Å². The van der Waals surface area contributed by atoms with E-state index in [1.54, 1.807) is 0 Å². The number of morpholine rings is 1. The Balaban J connectivity index is 1.93. The first-order chi connectivity index (χ1) is 11.1. The zero-order valence-electron chi connectivity index (χ0n) is 13.7. The molecule has 2 unspecified atom stereocenters. The van der Waals surface area contributed by atoms with Gasteiger partial charge in [-0.15, -0.1) is 0 Å². The number of hydrogen-bond donors (Lipinski definition) is 0. The molecular formula is C18H22N2O3.